The summed E-state index contributed by atoms with van der Waals surface area (Å²) in [6.45, 7) is 5.60. The molecule has 1 atom stereocenters. The van der Waals surface area contributed by atoms with Crippen molar-refractivity contribution in [1.29, 1.82) is 0 Å². The Labute approximate surface area is 158 Å². The number of sulfonamides is 1. The fourth-order valence-corrected chi connectivity index (χ4v) is 4.95. The van der Waals surface area contributed by atoms with Crippen LogP contribution in [-0.4, -0.2) is 33.0 Å². The number of halogens is 1. The first kappa shape index (κ1) is 18.4. The van der Waals surface area contributed by atoms with Gasteiger partial charge in [-0.25, -0.2) is 8.42 Å². The summed E-state index contributed by atoms with van der Waals surface area (Å²) in [5.74, 6) is 0.544. The second-order valence-electron chi connectivity index (χ2n) is 6.47. The van der Waals surface area contributed by atoms with Crippen molar-refractivity contribution in [2.75, 3.05) is 24.4 Å². The van der Waals surface area contributed by atoms with Gasteiger partial charge in [-0.15, -0.1) is 0 Å². The molecule has 0 spiro atoms. The Morgan fingerprint density at radius 2 is 1.96 bits per heavy atom. The number of nitrogens with one attached hydrogen (secondary N) is 1. The van der Waals surface area contributed by atoms with Crippen molar-refractivity contribution >= 4 is 31.6 Å². The molecule has 0 bridgehead atoms. The predicted molar refractivity (Wildman–Crippen MR) is 105 cm³/mol. The van der Waals surface area contributed by atoms with Crippen molar-refractivity contribution in [3.63, 3.8) is 0 Å². The van der Waals surface area contributed by atoms with Crippen molar-refractivity contribution in [3.05, 3.63) is 58.6 Å². The van der Waals surface area contributed by atoms with Crippen LogP contribution in [0.25, 0.3) is 0 Å². The van der Waals surface area contributed by atoms with Crippen molar-refractivity contribution < 1.29 is 8.42 Å². The number of anilines is 1. The molecule has 1 aliphatic heterocycles. The second kappa shape index (κ2) is 7.89. The van der Waals surface area contributed by atoms with E-state index >= 15 is 0 Å². The van der Waals surface area contributed by atoms with Crippen LogP contribution in [0.4, 0.5) is 5.69 Å². The summed E-state index contributed by atoms with van der Waals surface area (Å²) in [4.78, 5) is 2.74. The Hall–Kier alpha value is -1.37. The SMILES string of the molecule is CCCN1CC[C@@H](c2ccc(NS(=O)(=O)c3cccc(Br)c3)cc2)C1. The Kier molecular flexibility index (Phi) is 5.81. The highest BCUT2D eigenvalue weighted by atomic mass is 79.9. The highest BCUT2D eigenvalue weighted by Crippen LogP contribution is 2.28. The van der Waals surface area contributed by atoms with Crippen molar-refractivity contribution in [1.82, 2.24) is 4.90 Å². The van der Waals surface area contributed by atoms with Crippen LogP contribution in [0.3, 0.4) is 0 Å². The summed E-state index contributed by atoms with van der Waals surface area (Å²) in [5, 5.41) is 0. The highest BCUT2D eigenvalue weighted by molar-refractivity contribution is 9.10. The third kappa shape index (κ3) is 4.63. The molecule has 2 aromatic carbocycles. The van der Waals surface area contributed by atoms with E-state index in [-0.39, 0.29) is 4.90 Å². The molecule has 4 nitrogen and oxygen atoms in total. The van der Waals surface area contributed by atoms with E-state index in [9.17, 15) is 8.42 Å². The van der Waals surface area contributed by atoms with E-state index in [4.69, 9.17) is 0 Å². The minimum Gasteiger partial charge on any atom is -0.303 e. The average Bonchev–Trinajstić information content (AvgIpc) is 3.04. The smallest absolute Gasteiger partial charge is 0.261 e. The van der Waals surface area contributed by atoms with Crippen molar-refractivity contribution in [3.8, 4) is 0 Å². The number of likely N-dealkylation sites (tertiary alicyclic amines) is 1. The Morgan fingerprint density at radius 1 is 1.20 bits per heavy atom. The van der Waals surface area contributed by atoms with E-state index in [0.717, 1.165) is 24.1 Å². The van der Waals surface area contributed by atoms with Crippen LogP contribution >= 0.6 is 15.9 Å². The largest absolute Gasteiger partial charge is 0.303 e. The molecule has 0 unspecified atom stereocenters. The molecule has 1 heterocycles. The highest BCUT2D eigenvalue weighted by Gasteiger charge is 2.23. The molecule has 0 saturated carbocycles. The molecule has 3 rings (SSSR count). The molecule has 1 N–H and O–H groups in total. The quantitative estimate of drug-likeness (QED) is 0.747. The molecule has 134 valence electrons. The summed E-state index contributed by atoms with van der Waals surface area (Å²) in [6.07, 6.45) is 2.35. The summed E-state index contributed by atoms with van der Waals surface area (Å²) in [5.41, 5.74) is 1.87. The van der Waals surface area contributed by atoms with Gasteiger partial charge in [0.05, 0.1) is 4.90 Å². The first-order chi connectivity index (χ1) is 12.0. The summed E-state index contributed by atoms with van der Waals surface area (Å²) < 4.78 is 28.3. The molecule has 0 amide bonds. The van der Waals surface area contributed by atoms with Gasteiger partial charge in [-0.1, -0.05) is 41.1 Å². The van der Waals surface area contributed by atoms with E-state index in [0.29, 0.717) is 11.6 Å². The van der Waals surface area contributed by atoms with Gasteiger partial charge in [0.25, 0.3) is 10.0 Å². The minimum atomic E-state index is -3.57. The number of hydrogen-bond acceptors (Lipinski definition) is 3. The maximum Gasteiger partial charge on any atom is 0.261 e. The van der Waals surface area contributed by atoms with Crippen LogP contribution < -0.4 is 4.72 Å². The van der Waals surface area contributed by atoms with Gasteiger partial charge < -0.3 is 4.90 Å². The third-order valence-corrected chi connectivity index (χ3v) is 6.43. The zero-order valence-electron chi connectivity index (χ0n) is 14.3. The lowest BCUT2D eigenvalue weighted by Gasteiger charge is -2.15. The van der Waals surface area contributed by atoms with Gasteiger partial charge in [-0.3, -0.25) is 4.72 Å². The second-order valence-corrected chi connectivity index (χ2v) is 9.07. The van der Waals surface area contributed by atoms with Gasteiger partial charge in [0.2, 0.25) is 0 Å². The summed E-state index contributed by atoms with van der Waals surface area (Å²) in [7, 11) is -3.57. The topological polar surface area (TPSA) is 49.4 Å². The molecular formula is C19H23BrN2O2S. The van der Waals surface area contributed by atoms with Gasteiger partial charge in [0.15, 0.2) is 0 Å². The molecule has 0 aromatic heterocycles. The van der Waals surface area contributed by atoms with E-state index in [1.165, 1.54) is 18.4 Å². The number of rotatable bonds is 6. The molecule has 0 radical (unpaired) electrons. The van der Waals surface area contributed by atoms with Crippen LogP contribution in [0.15, 0.2) is 57.9 Å². The van der Waals surface area contributed by atoms with Crippen LogP contribution in [0.2, 0.25) is 0 Å². The van der Waals surface area contributed by atoms with E-state index in [1.54, 1.807) is 24.3 Å². The third-order valence-electron chi connectivity index (χ3n) is 4.55. The maximum absolute atomic E-state index is 12.5. The molecule has 0 aliphatic carbocycles. The lowest BCUT2D eigenvalue weighted by atomic mass is 9.98. The maximum atomic E-state index is 12.5. The first-order valence-corrected chi connectivity index (χ1v) is 10.9. The Morgan fingerprint density at radius 3 is 2.64 bits per heavy atom. The van der Waals surface area contributed by atoms with Gasteiger partial charge in [-0.2, -0.15) is 0 Å². The van der Waals surface area contributed by atoms with Crippen LogP contribution in [0, 0.1) is 0 Å². The molecule has 6 heteroatoms. The van der Waals surface area contributed by atoms with Crippen molar-refractivity contribution in [2.24, 2.45) is 0 Å². The fraction of sp³-hybridized carbons (Fsp3) is 0.368. The molecule has 1 aliphatic rings. The van der Waals surface area contributed by atoms with Crippen molar-refractivity contribution in [2.45, 2.75) is 30.6 Å². The Bertz CT molecular complexity index is 822. The molecular weight excluding hydrogens is 400 g/mol. The fourth-order valence-electron chi connectivity index (χ4n) is 3.30. The van der Waals surface area contributed by atoms with Gasteiger partial charge >= 0.3 is 0 Å². The normalized spacial score (nSPS) is 18.4. The van der Waals surface area contributed by atoms with E-state index in [1.807, 2.05) is 24.3 Å². The molecule has 1 fully saturated rings. The van der Waals surface area contributed by atoms with Gasteiger partial charge in [0, 0.05) is 16.7 Å². The van der Waals surface area contributed by atoms with E-state index < -0.39 is 10.0 Å². The van der Waals surface area contributed by atoms with Gasteiger partial charge in [0.1, 0.15) is 0 Å². The van der Waals surface area contributed by atoms with Crippen LogP contribution in [0.1, 0.15) is 31.2 Å². The van der Waals surface area contributed by atoms with Crippen LogP contribution in [-0.2, 0) is 10.0 Å². The monoisotopic (exact) mass is 422 g/mol. The van der Waals surface area contributed by atoms with E-state index in [2.05, 4.69) is 32.5 Å². The summed E-state index contributed by atoms with van der Waals surface area (Å²) in [6, 6.07) is 14.5. The van der Waals surface area contributed by atoms with Crippen LogP contribution in [0.5, 0.6) is 0 Å². The number of benzene rings is 2. The lowest BCUT2D eigenvalue weighted by Crippen LogP contribution is -2.20. The first-order valence-electron chi connectivity index (χ1n) is 8.58. The standard InChI is InChI=1S/C19H23BrN2O2S/c1-2-11-22-12-10-16(14-22)15-6-8-18(9-7-15)21-25(23,24)19-5-3-4-17(20)13-19/h3-9,13,16,21H,2,10-12,14H2,1H3/t16-/m1/s1. The molecule has 1 saturated heterocycles. The Balaban J connectivity index is 1.69. The predicted octanol–water partition coefficient (Wildman–Crippen LogP) is 4.45. The minimum absolute atomic E-state index is 0.247. The summed E-state index contributed by atoms with van der Waals surface area (Å²) >= 11 is 3.31. The molecule has 2 aromatic rings. The molecule has 25 heavy (non-hydrogen) atoms. The van der Waals surface area contributed by atoms with Gasteiger partial charge in [-0.05, 0) is 67.7 Å². The average molecular weight is 423 g/mol. The lowest BCUT2D eigenvalue weighted by molar-refractivity contribution is 0.335. The number of nitrogens with zero attached hydrogens (tertiary/aromatic N) is 1. The number of hydrogen-bond donors (Lipinski definition) is 1. The zero-order chi connectivity index (χ0) is 17.9. The zero-order valence-corrected chi connectivity index (χ0v) is 16.7.